The van der Waals surface area contributed by atoms with Crippen molar-refractivity contribution in [3.05, 3.63) is 28.8 Å². The van der Waals surface area contributed by atoms with Gasteiger partial charge in [-0.25, -0.2) is 4.98 Å². The van der Waals surface area contributed by atoms with Gasteiger partial charge in [-0.05, 0) is 19.1 Å². The van der Waals surface area contributed by atoms with Crippen molar-refractivity contribution < 1.29 is 18.0 Å². The second-order valence-corrected chi connectivity index (χ2v) is 7.37. The molecule has 25 heavy (non-hydrogen) atoms. The van der Waals surface area contributed by atoms with Gasteiger partial charge in [0.05, 0.1) is 22.3 Å². The van der Waals surface area contributed by atoms with Crippen molar-refractivity contribution in [1.82, 2.24) is 15.2 Å². The van der Waals surface area contributed by atoms with Crippen molar-refractivity contribution in [3.8, 4) is 0 Å². The number of alkyl halides is 3. The quantitative estimate of drug-likeness (QED) is 0.741. The Kier molecular flexibility index (Phi) is 4.60. The maximum Gasteiger partial charge on any atom is 0.418 e. The largest absolute Gasteiger partial charge is 0.418 e. The molecule has 132 valence electrons. The topological polar surface area (TPSA) is 71.0 Å². The van der Waals surface area contributed by atoms with Gasteiger partial charge in [-0.15, -0.1) is 10.2 Å². The third kappa shape index (κ3) is 3.87. The summed E-state index contributed by atoms with van der Waals surface area (Å²) >= 11 is 2.33. The molecule has 3 rings (SSSR count). The summed E-state index contributed by atoms with van der Waals surface area (Å²) < 4.78 is 39.6. The first-order chi connectivity index (χ1) is 11.7. The first-order valence-corrected chi connectivity index (χ1v) is 8.65. The molecule has 0 atom stereocenters. The predicted octanol–water partition coefficient (Wildman–Crippen LogP) is 3.55. The average Bonchev–Trinajstić information content (AvgIpc) is 3.11. The van der Waals surface area contributed by atoms with Gasteiger partial charge in [-0.3, -0.25) is 10.1 Å². The van der Waals surface area contributed by atoms with E-state index in [4.69, 9.17) is 0 Å². The molecular weight excluding hydrogens is 375 g/mol. The number of nitrogens with zero attached hydrogens (tertiary/aromatic N) is 4. The number of benzene rings is 1. The molecule has 0 bridgehead atoms. The van der Waals surface area contributed by atoms with Gasteiger partial charge in [-0.1, -0.05) is 28.7 Å². The smallest absolute Gasteiger partial charge is 0.342 e. The number of nitrogens with one attached hydrogen (secondary N) is 1. The molecule has 3 aromatic rings. The van der Waals surface area contributed by atoms with Crippen molar-refractivity contribution in [2.45, 2.75) is 13.1 Å². The van der Waals surface area contributed by atoms with E-state index in [2.05, 4.69) is 20.5 Å². The number of anilines is 2. The van der Waals surface area contributed by atoms with Crippen LogP contribution in [0.25, 0.3) is 10.2 Å². The van der Waals surface area contributed by atoms with Crippen LogP contribution < -0.4 is 10.2 Å². The van der Waals surface area contributed by atoms with Gasteiger partial charge in [0, 0.05) is 7.05 Å². The Morgan fingerprint density at radius 1 is 1.28 bits per heavy atom. The molecule has 0 aliphatic carbocycles. The monoisotopic (exact) mass is 387 g/mol. The van der Waals surface area contributed by atoms with Crippen molar-refractivity contribution in [3.63, 3.8) is 0 Å². The molecule has 2 aromatic heterocycles. The van der Waals surface area contributed by atoms with Crippen LogP contribution in [0.5, 0.6) is 0 Å². The van der Waals surface area contributed by atoms with E-state index in [0.29, 0.717) is 15.0 Å². The fourth-order valence-electron chi connectivity index (χ4n) is 2.12. The number of thiazole rings is 1. The maximum absolute atomic E-state index is 13.1. The van der Waals surface area contributed by atoms with Crippen LogP contribution in [0.1, 0.15) is 10.6 Å². The third-order valence-electron chi connectivity index (χ3n) is 3.19. The molecule has 6 nitrogen and oxygen atoms in total. The highest BCUT2D eigenvalue weighted by atomic mass is 32.1. The molecule has 0 unspecified atom stereocenters. The molecule has 0 aliphatic heterocycles. The molecular formula is C14H12F3N5OS2. The minimum Gasteiger partial charge on any atom is -0.342 e. The fourth-order valence-corrected chi connectivity index (χ4v) is 3.68. The SMILES string of the molecule is Cc1nnc(NC(=O)CN(C)c2nc3c(C(F)(F)F)cccc3s2)s1. The van der Waals surface area contributed by atoms with E-state index in [-0.39, 0.29) is 18.0 Å². The number of hydrogen-bond donors (Lipinski definition) is 1. The number of aromatic nitrogens is 3. The molecule has 1 N–H and O–H groups in total. The van der Waals surface area contributed by atoms with Gasteiger partial charge in [0.15, 0.2) is 5.13 Å². The number of carbonyl (C=O) groups is 1. The lowest BCUT2D eigenvalue weighted by molar-refractivity contribution is -0.136. The predicted molar refractivity (Wildman–Crippen MR) is 91.2 cm³/mol. The lowest BCUT2D eigenvalue weighted by atomic mass is 10.2. The fraction of sp³-hybridized carbons (Fsp3) is 0.286. The number of likely N-dealkylation sites (N-methyl/N-ethyl adjacent to an activating group) is 1. The summed E-state index contributed by atoms with van der Waals surface area (Å²) in [6.07, 6.45) is -4.48. The first-order valence-electron chi connectivity index (χ1n) is 7.02. The summed E-state index contributed by atoms with van der Waals surface area (Å²) in [6.45, 7) is 1.69. The number of fused-ring (bicyclic) bond motifs is 1. The van der Waals surface area contributed by atoms with Crippen molar-refractivity contribution in [2.24, 2.45) is 0 Å². The Labute approximate surface area is 148 Å². The molecule has 0 saturated carbocycles. The highest BCUT2D eigenvalue weighted by Crippen LogP contribution is 2.38. The normalized spacial score (nSPS) is 11.7. The van der Waals surface area contributed by atoms with Crippen LogP contribution in [0.3, 0.4) is 0 Å². The van der Waals surface area contributed by atoms with E-state index < -0.39 is 11.7 Å². The number of para-hydroxylation sites is 1. The highest BCUT2D eigenvalue weighted by molar-refractivity contribution is 7.22. The third-order valence-corrected chi connectivity index (χ3v) is 5.08. The molecule has 0 saturated heterocycles. The van der Waals surface area contributed by atoms with Gasteiger partial charge < -0.3 is 4.90 Å². The van der Waals surface area contributed by atoms with Gasteiger partial charge in [0.2, 0.25) is 11.0 Å². The molecule has 0 spiro atoms. The van der Waals surface area contributed by atoms with Crippen LogP contribution in [0.15, 0.2) is 18.2 Å². The Morgan fingerprint density at radius 2 is 2.04 bits per heavy atom. The number of carbonyl (C=O) groups excluding carboxylic acids is 1. The lowest BCUT2D eigenvalue weighted by Gasteiger charge is -2.14. The van der Waals surface area contributed by atoms with E-state index in [0.717, 1.165) is 22.4 Å². The van der Waals surface area contributed by atoms with E-state index in [1.807, 2.05) is 0 Å². The van der Waals surface area contributed by atoms with Crippen molar-refractivity contribution in [1.29, 1.82) is 0 Å². The molecule has 2 heterocycles. The van der Waals surface area contributed by atoms with E-state index >= 15 is 0 Å². The molecule has 1 aromatic carbocycles. The van der Waals surface area contributed by atoms with Crippen LogP contribution in [0.4, 0.5) is 23.4 Å². The zero-order chi connectivity index (χ0) is 18.2. The summed E-state index contributed by atoms with van der Waals surface area (Å²) in [5.41, 5.74) is -0.892. The van der Waals surface area contributed by atoms with Crippen LogP contribution in [-0.2, 0) is 11.0 Å². The van der Waals surface area contributed by atoms with E-state index in [1.165, 1.54) is 22.3 Å². The minimum absolute atomic E-state index is 0.0696. The summed E-state index contributed by atoms with van der Waals surface area (Å²) in [5, 5.41) is 11.6. The molecule has 11 heteroatoms. The van der Waals surface area contributed by atoms with Crippen molar-refractivity contribution >= 4 is 49.1 Å². The van der Waals surface area contributed by atoms with Crippen LogP contribution in [0, 0.1) is 6.92 Å². The van der Waals surface area contributed by atoms with E-state index in [9.17, 15) is 18.0 Å². The van der Waals surface area contributed by atoms with Crippen LogP contribution >= 0.6 is 22.7 Å². The zero-order valence-electron chi connectivity index (χ0n) is 13.1. The second kappa shape index (κ2) is 6.56. The minimum atomic E-state index is -4.48. The Balaban J connectivity index is 1.78. The van der Waals surface area contributed by atoms with Crippen LogP contribution in [-0.4, -0.2) is 34.7 Å². The van der Waals surface area contributed by atoms with Crippen LogP contribution in [0.2, 0.25) is 0 Å². The summed E-state index contributed by atoms with van der Waals surface area (Å²) in [4.78, 5) is 17.6. The standard InChI is InChI=1S/C14H12F3N5OS2/c1-7-20-21-12(24-7)18-10(23)6-22(2)13-19-11-8(14(15,16)17)4-3-5-9(11)25-13/h3-5H,6H2,1-2H3,(H,18,21,23). The summed E-state index contributed by atoms with van der Waals surface area (Å²) in [6, 6.07) is 3.91. The van der Waals surface area contributed by atoms with Gasteiger partial charge in [0.1, 0.15) is 5.01 Å². The van der Waals surface area contributed by atoms with Crippen molar-refractivity contribution in [2.75, 3.05) is 23.8 Å². The average molecular weight is 387 g/mol. The summed E-state index contributed by atoms with van der Waals surface area (Å²) in [5.74, 6) is -0.353. The Morgan fingerprint density at radius 3 is 2.68 bits per heavy atom. The van der Waals surface area contributed by atoms with E-state index in [1.54, 1.807) is 20.0 Å². The maximum atomic E-state index is 13.1. The summed E-state index contributed by atoms with van der Waals surface area (Å²) in [7, 11) is 1.59. The molecule has 0 aliphatic rings. The second-order valence-electron chi connectivity index (χ2n) is 5.18. The number of rotatable bonds is 4. The number of aryl methyl sites for hydroxylation is 1. The Hall–Kier alpha value is -2.27. The van der Waals surface area contributed by atoms with Gasteiger partial charge in [0.25, 0.3) is 0 Å². The van der Waals surface area contributed by atoms with Gasteiger partial charge >= 0.3 is 6.18 Å². The Bertz CT molecular complexity index is 921. The number of hydrogen-bond acceptors (Lipinski definition) is 7. The molecule has 1 amide bonds. The van der Waals surface area contributed by atoms with Gasteiger partial charge in [-0.2, -0.15) is 13.2 Å². The number of amides is 1. The number of halogens is 3. The highest BCUT2D eigenvalue weighted by Gasteiger charge is 2.34. The zero-order valence-corrected chi connectivity index (χ0v) is 14.7. The molecule has 0 fully saturated rings. The lowest BCUT2D eigenvalue weighted by Crippen LogP contribution is -2.29. The first kappa shape index (κ1) is 17.5. The molecule has 0 radical (unpaired) electrons.